The first-order valence-corrected chi connectivity index (χ1v) is 13.6. The summed E-state index contributed by atoms with van der Waals surface area (Å²) >= 11 is 0. The first-order chi connectivity index (χ1) is 17.7. The molecule has 1 fully saturated rings. The third kappa shape index (κ3) is 4.89. The number of hydrogen-bond donors (Lipinski definition) is 2. The third-order valence-corrected chi connectivity index (χ3v) is 7.22. The van der Waals surface area contributed by atoms with Gasteiger partial charge >= 0.3 is 0 Å². The SMILES string of the molecule is C=S(N)(=O)c1ccc(CNc2nc3cnc(-c4c(OC)ncnc4C4CC4)nc3n(C(C)C)c2=O)cc1. The van der Waals surface area contributed by atoms with Gasteiger partial charge in [0, 0.05) is 23.4 Å². The lowest BCUT2D eigenvalue weighted by Crippen LogP contribution is -2.27. The number of rotatable bonds is 8. The lowest BCUT2D eigenvalue weighted by Gasteiger charge is -2.16. The lowest BCUT2D eigenvalue weighted by atomic mass is 10.1. The van der Waals surface area contributed by atoms with Gasteiger partial charge in [-0.2, -0.15) is 0 Å². The van der Waals surface area contributed by atoms with Crippen molar-refractivity contribution in [3.8, 4) is 17.3 Å². The number of nitrogens with two attached hydrogens (primary N) is 1. The first-order valence-electron chi connectivity index (χ1n) is 11.8. The average Bonchev–Trinajstić information content (AvgIpc) is 3.72. The molecule has 5 rings (SSSR count). The van der Waals surface area contributed by atoms with Crippen LogP contribution in [0.25, 0.3) is 22.6 Å². The molecule has 0 aliphatic heterocycles. The number of aromatic nitrogens is 6. The molecule has 4 aromatic rings. The minimum absolute atomic E-state index is 0.181. The molecule has 1 aliphatic rings. The van der Waals surface area contributed by atoms with Gasteiger partial charge in [-0.15, -0.1) is 0 Å². The van der Waals surface area contributed by atoms with E-state index in [2.05, 4.69) is 31.1 Å². The number of hydrogen-bond acceptors (Lipinski definition) is 9. The van der Waals surface area contributed by atoms with Crippen molar-refractivity contribution in [1.29, 1.82) is 0 Å². The molecular weight excluding hydrogens is 492 g/mol. The van der Waals surface area contributed by atoms with E-state index in [-0.39, 0.29) is 17.4 Å². The minimum atomic E-state index is -2.78. The molecule has 3 N–H and O–H groups in total. The molecule has 3 heterocycles. The summed E-state index contributed by atoms with van der Waals surface area (Å²) in [5, 5.41) is 8.71. The van der Waals surface area contributed by atoms with E-state index in [0.717, 1.165) is 24.1 Å². The summed E-state index contributed by atoms with van der Waals surface area (Å²) in [7, 11) is -1.23. The Morgan fingerprint density at radius 1 is 1.19 bits per heavy atom. The Bertz CT molecular complexity index is 1650. The first kappa shape index (κ1) is 24.8. The van der Waals surface area contributed by atoms with Crippen molar-refractivity contribution in [2.75, 3.05) is 12.4 Å². The molecular formula is C25H28N8O3S. The van der Waals surface area contributed by atoms with Gasteiger partial charge < -0.3 is 10.1 Å². The Balaban J connectivity index is 1.54. The molecule has 0 spiro atoms. The zero-order valence-corrected chi connectivity index (χ0v) is 21.7. The van der Waals surface area contributed by atoms with Gasteiger partial charge in [-0.1, -0.05) is 12.1 Å². The number of nitrogens with one attached hydrogen (secondary N) is 1. The fourth-order valence-electron chi connectivity index (χ4n) is 4.15. The molecule has 3 aromatic heterocycles. The lowest BCUT2D eigenvalue weighted by molar-refractivity contribution is 0.397. The highest BCUT2D eigenvalue weighted by atomic mass is 32.2. The van der Waals surface area contributed by atoms with Gasteiger partial charge in [-0.05, 0) is 50.3 Å². The van der Waals surface area contributed by atoms with E-state index in [1.165, 1.54) is 6.33 Å². The van der Waals surface area contributed by atoms with Gasteiger partial charge in [0.05, 0.1) is 28.7 Å². The predicted octanol–water partition coefficient (Wildman–Crippen LogP) is 2.67. The van der Waals surface area contributed by atoms with Crippen molar-refractivity contribution < 1.29 is 8.95 Å². The van der Waals surface area contributed by atoms with Crippen LogP contribution in [0.4, 0.5) is 5.82 Å². The van der Waals surface area contributed by atoms with Crippen LogP contribution < -0.4 is 20.8 Å². The summed E-state index contributed by atoms with van der Waals surface area (Å²) in [5.74, 6) is 4.79. The number of methoxy groups -OCH3 is 1. The van der Waals surface area contributed by atoms with E-state index in [1.807, 2.05) is 13.8 Å². The third-order valence-electron chi connectivity index (χ3n) is 6.15. The van der Waals surface area contributed by atoms with Crippen LogP contribution in [0.15, 0.2) is 46.5 Å². The maximum absolute atomic E-state index is 13.5. The zero-order chi connectivity index (χ0) is 26.3. The molecule has 1 saturated carbocycles. The van der Waals surface area contributed by atoms with E-state index < -0.39 is 9.71 Å². The van der Waals surface area contributed by atoms with Gasteiger partial charge in [0.25, 0.3) is 5.56 Å². The number of nitrogens with zero attached hydrogens (tertiary/aromatic N) is 6. The summed E-state index contributed by atoms with van der Waals surface area (Å²) in [6, 6.07) is 6.71. The highest BCUT2D eigenvalue weighted by molar-refractivity contribution is 7.98. The smallest absolute Gasteiger partial charge is 0.295 e. The van der Waals surface area contributed by atoms with Crippen molar-refractivity contribution in [3.63, 3.8) is 0 Å². The fraction of sp³-hybridized carbons (Fsp3) is 0.320. The second-order valence-electron chi connectivity index (χ2n) is 9.27. The van der Waals surface area contributed by atoms with Crippen LogP contribution in [0.2, 0.25) is 0 Å². The molecule has 0 saturated heterocycles. The summed E-state index contributed by atoms with van der Waals surface area (Å²) in [6.07, 6.45) is 5.17. The minimum Gasteiger partial charge on any atom is -0.480 e. The quantitative estimate of drug-likeness (QED) is 0.334. The van der Waals surface area contributed by atoms with Crippen LogP contribution in [0, 0.1) is 0 Å². The number of ether oxygens (including phenoxy) is 1. The molecule has 1 aliphatic carbocycles. The van der Waals surface area contributed by atoms with E-state index in [4.69, 9.17) is 14.9 Å². The predicted molar refractivity (Wildman–Crippen MR) is 143 cm³/mol. The fourth-order valence-corrected chi connectivity index (χ4v) is 4.75. The van der Waals surface area contributed by atoms with Gasteiger partial charge in [-0.3, -0.25) is 14.5 Å². The molecule has 1 atom stereocenters. The molecule has 1 aromatic carbocycles. The molecule has 0 bridgehead atoms. The van der Waals surface area contributed by atoms with Gasteiger partial charge in [0.1, 0.15) is 17.4 Å². The van der Waals surface area contributed by atoms with Crippen molar-refractivity contribution in [2.45, 2.75) is 50.1 Å². The van der Waals surface area contributed by atoms with E-state index >= 15 is 0 Å². The van der Waals surface area contributed by atoms with Gasteiger partial charge in [0.2, 0.25) is 5.88 Å². The van der Waals surface area contributed by atoms with Crippen LogP contribution in [-0.2, 0) is 16.3 Å². The normalized spacial score (nSPS) is 15.1. The largest absolute Gasteiger partial charge is 0.480 e. The Hall–Kier alpha value is -3.90. The molecule has 1 unspecified atom stereocenters. The molecule has 0 radical (unpaired) electrons. The second kappa shape index (κ2) is 9.52. The highest BCUT2D eigenvalue weighted by Gasteiger charge is 2.31. The van der Waals surface area contributed by atoms with Gasteiger partial charge in [0.15, 0.2) is 17.3 Å². The molecule has 0 amide bonds. The standard InChI is InChI=1S/C25H28N8O3S/c1-14(2)33-23-18(12-28-21(32-23)19-20(16-7-8-16)29-13-30-24(19)36-3)31-22(25(33)34)27-11-15-5-9-17(10-6-15)37(4,26)35/h5-6,9-10,12-14,16H,4,7-8,11H2,1-3H3,(H2,26,35)(H,27,31). The summed E-state index contributed by atoms with van der Waals surface area (Å²) < 4.78 is 19.0. The van der Waals surface area contributed by atoms with Gasteiger partial charge in [-0.25, -0.2) is 29.1 Å². The van der Waals surface area contributed by atoms with Crippen LogP contribution in [0.5, 0.6) is 5.88 Å². The molecule has 11 nitrogen and oxygen atoms in total. The second-order valence-corrected chi connectivity index (χ2v) is 11.2. The number of anilines is 1. The topological polar surface area (TPSA) is 151 Å². The van der Waals surface area contributed by atoms with E-state index in [9.17, 15) is 9.00 Å². The molecule has 37 heavy (non-hydrogen) atoms. The van der Waals surface area contributed by atoms with Crippen LogP contribution in [0.3, 0.4) is 0 Å². The molecule has 12 heteroatoms. The van der Waals surface area contributed by atoms with Crippen LogP contribution >= 0.6 is 0 Å². The van der Waals surface area contributed by atoms with Crippen molar-refractivity contribution in [1.82, 2.24) is 29.5 Å². The Labute approximate surface area is 214 Å². The summed E-state index contributed by atoms with van der Waals surface area (Å²) in [6.45, 7) is 4.16. The number of benzene rings is 1. The van der Waals surface area contributed by atoms with Crippen molar-refractivity contribution in [3.05, 3.63) is 58.4 Å². The Morgan fingerprint density at radius 2 is 1.92 bits per heavy atom. The summed E-state index contributed by atoms with van der Waals surface area (Å²) in [5.41, 5.74) is 2.95. The Morgan fingerprint density at radius 3 is 2.54 bits per heavy atom. The summed E-state index contributed by atoms with van der Waals surface area (Å²) in [4.78, 5) is 36.5. The highest BCUT2D eigenvalue weighted by Crippen LogP contribution is 2.44. The Kier molecular flexibility index (Phi) is 6.38. The van der Waals surface area contributed by atoms with Crippen LogP contribution in [0.1, 0.15) is 49.9 Å². The van der Waals surface area contributed by atoms with Crippen LogP contribution in [-0.4, -0.2) is 46.7 Å². The molecule has 192 valence electrons. The maximum Gasteiger partial charge on any atom is 0.295 e. The zero-order valence-electron chi connectivity index (χ0n) is 20.8. The average molecular weight is 521 g/mol. The van der Waals surface area contributed by atoms with Crippen molar-refractivity contribution in [2.24, 2.45) is 5.14 Å². The number of fused-ring (bicyclic) bond motifs is 1. The van der Waals surface area contributed by atoms with Crippen molar-refractivity contribution >= 4 is 32.6 Å². The van der Waals surface area contributed by atoms with E-state index in [0.29, 0.717) is 45.8 Å². The van der Waals surface area contributed by atoms with E-state index in [1.54, 1.807) is 42.1 Å². The maximum atomic E-state index is 13.5. The monoisotopic (exact) mass is 520 g/mol.